The Morgan fingerprint density at radius 1 is 1.33 bits per heavy atom. The number of nitrogens with zero attached hydrogens (tertiary/aromatic N) is 1. The number of hydrogen-bond acceptors (Lipinski definition) is 3. The van der Waals surface area contributed by atoms with E-state index in [9.17, 15) is 0 Å². The van der Waals surface area contributed by atoms with Crippen molar-refractivity contribution in [1.82, 2.24) is 0 Å². The lowest BCUT2D eigenvalue weighted by Crippen LogP contribution is -2.26. The number of anilines is 1. The standard InChI is InChI=1S/C16H21N3O2/c1-4-13(11(2)3)19-16(17)18-12-6-7-14-15(10-12)21-9-5-8-20-14/h1,6-7,10-11,13H,5,8-9H2,2-3H3,(H3,17,18,19). The van der Waals surface area contributed by atoms with Crippen molar-refractivity contribution in [3.05, 3.63) is 18.2 Å². The first-order chi connectivity index (χ1) is 10.1. The summed E-state index contributed by atoms with van der Waals surface area (Å²) in [6.07, 6.45) is 6.32. The van der Waals surface area contributed by atoms with Crippen molar-refractivity contribution in [3.8, 4) is 23.8 Å². The van der Waals surface area contributed by atoms with Gasteiger partial charge < -0.3 is 20.5 Å². The van der Waals surface area contributed by atoms with Crippen molar-refractivity contribution in [2.45, 2.75) is 26.3 Å². The summed E-state index contributed by atoms with van der Waals surface area (Å²) in [7, 11) is 0. The van der Waals surface area contributed by atoms with Crippen LogP contribution in [0.1, 0.15) is 20.3 Å². The van der Waals surface area contributed by atoms with E-state index in [0.717, 1.165) is 17.9 Å². The average molecular weight is 287 g/mol. The molecular formula is C16H21N3O2. The summed E-state index contributed by atoms with van der Waals surface area (Å²) >= 11 is 0. The maximum Gasteiger partial charge on any atom is 0.194 e. The normalized spacial score (nSPS) is 16.0. The molecule has 0 fully saturated rings. The van der Waals surface area contributed by atoms with Gasteiger partial charge in [-0.05, 0) is 18.1 Å². The number of nitrogens with two attached hydrogens (primary N) is 1. The summed E-state index contributed by atoms with van der Waals surface area (Å²) in [5.74, 6) is 4.61. The van der Waals surface area contributed by atoms with Gasteiger partial charge in [0.05, 0.1) is 13.2 Å². The Labute approximate surface area is 125 Å². The first-order valence-electron chi connectivity index (χ1n) is 7.06. The molecule has 112 valence electrons. The number of hydrogen-bond donors (Lipinski definition) is 2. The molecule has 0 aromatic heterocycles. The van der Waals surface area contributed by atoms with Gasteiger partial charge in [-0.25, -0.2) is 4.99 Å². The van der Waals surface area contributed by atoms with Crippen molar-refractivity contribution in [1.29, 1.82) is 0 Å². The molecule has 5 heteroatoms. The highest BCUT2D eigenvalue weighted by Gasteiger charge is 2.12. The van der Waals surface area contributed by atoms with Gasteiger partial charge in [-0.2, -0.15) is 0 Å². The van der Waals surface area contributed by atoms with E-state index in [0.29, 0.717) is 24.9 Å². The van der Waals surface area contributed by atoms with Crippen LogP contribution >= 0.6 is 0 Å². The minimum absolute atomic E-state index is 0.235. The minimum atomic E-state index is -0.238. The molecule has 1 heterocycles. The Hall–Kier alpha value is -2.35. The molecule has 1 aliphatic heterocycles. The van der Waals surface area contributed by atoms with Gasteiger partial charge in [0.15, 0.2) is 17.5 Å². The van der Waals surface area contributed by atoms with E-state index in [2.05, 4.69) is 16.2 Å². The van der Waals surface area contributed by atoms with Gasteiger partial charge in [0.1, 0.15) is 6.04 Å². The molecule has 0 radical (unpaired) electrons. The third-order valence-corrected chi connectivity index (χ3v) is 3.10. The number of guanidine groups is 1. The third-order valence-electron chi connectivity index (χ3n) is 3.10. The molecule has 1 aliphatic rings. The second-order valence-electron chi connectivity index (χ2n) is 5.21. The van der Waals surface area contributed by atoms with Gasteiger partial charge in [-0.3, -0.25) is 0 Å². The number of benzene rings is 1. The molecule has 1 unspecified atom stereocenters. The Morgan fingerprint density at radius 2 is 2.05 bits per heavy atom. The van der Waals surface area contributed by atoms with Crippen LogP contribution in [0, 0.1) is 18.3 Å². The average Bonchev–Trinajstić information content (AvgIpc) is 2.69. The van der Waals surface area contributed by atoms with Crippen LogP contribution in [0.2, 0.25) is 0 Å². The second-order valence-corrected chi connectivity index (χ2v) is 5.21. The molecule has 5 nitrogen and oxygen atoms in total. The van der Waals surface area contributed by atoms with E-state index in [1.54, 1.807) is 0 Å². The molecule has 0 saturated heterocycles. The van der Waals surface area contributed by atoms with Crippen molar-refractivity contribution in [2.24, 2.45) is 16.6 Å². The molecule has 1 atom stereocenters. The number of nitrogens with one attached hydrogen (secondary N) is 1. The maximum absolute atomic E-state index is 5.90. The molecule has 0 amide bonds. The van der Waals surface area contributed by atoms with Gasteiger partial charge in [0.25, 0.3) is 0 Å². The van der Waals surface area contributed by atoms with Gasteiger partial charge in [-0.1, -0.05) is 19.8 Å². The van der Waals surface area contributed by atoms with Crippen LogP contribution in [0.25, 0.3) is 0 Å². The molecule has 2 rings (SSSR count). The number of terminal acetylenes is 1. The Kier molecular flexibility index (Phi) is 4.94. The highest BCUT2D eigenvalue weighted by molar-refractivity contribution is 5.92. The first-order valence-corrected chi connectivity index (χ1v) is 7.06. The fourth-order valence-corrected chi connectivity index (χ4v) is 1.95. The molecule has 1 aromatic rings. The van der Waals surface area contributed by atoms with E-state index >= 15 is 0 Å². The van der Waals surface area contributed by atoms with Gasteiger partial charge in [0, 0.05) is 18.2 Å². The molecular weight excluding hydrogens is 266 g/mol. The van der Waals surface area contributed by atoms with Crippen molar-refractivity contribution >= 4 is 11.6 Å². The zero-order chi connectivity index (χ0) is 15.2. The van der Waals surface area contributed by atoms with Crippen LogP contribution in [0.15, 0.2) is 23.2 Å². The van der Waals surface area contributed by atoms with Crippen molar-refractivity contribution in [3.63, 3.8) is 0 Å². The number of fused-ring (bicyclic) bond motifs is 1. The molecule has 1 aromatic carbocycles. The van der Waals surface area contributed by atoms with E-state index in [1.807, 2.05) is 32.0 Å². The summed E-state index contributed by atoms with van der Waals surface area (Å²) in [4.78, 5) is 4.30. The van der Waals surface area contributed by atoms with Crippen LogP contribution in [0.5, 0.6) is 11.5 Å². The zero-order valence-corrected chi connectivity index (χ0v) is 12.4. The van der Waals surface area contributed by atoms with Gasteiger partial charge in [0.2, 0.25) is 0 Å². The third kappa shape index (κ3) is 4.06. The molecule has 0 bridgehead atoms. The Balaban J connectivity index is 2.11. The fourth-order valence-electron chi connectivity index (χ4n) is 1.95. The lowest BCUT2D eigenvalue weighted by Gasteiger charge is -2.13. The second kappa shape index (κ2) is 6.89. The van der Waals surface area contributed by atoms with Crippen LogP contribution < -0.4 is 20.5 Å². The van der Waals surface area contributed by atoms with Crippen LogP contribution in [0.3, 0.4) is 0 Å². The van der Waals surface area contributed by atoms with Crippen molar-refractivity contribution < 1.29 is 9.47 Å². The van der Waals surface area contributed by atoms with E-state index in [-0.39, 0.29) is 12.0 Å². The summed E-state index contributed by atoms with van der Waals surface area (Å²) in [5.41, 5.74) is 6.69. The van der Waals surface area contributed by atoms with Gasteiger partial charge in [-0.15, -0.1) is 6.42 Å². The lowest BCUT2D eigenvalue weighted by molar-refractivity contribution is 0.297. The monoisotopic (exact) mass is 287 g/mol. The van der Waals surface area contributed by atoms with Crippen LogP contribution in [0.4, 0.5) is 5.69 Å². The molecule has 21 heavy (non-hydrogen) atoms. The minimum Gasteiger partial charge on any atom is -0.490 e. The number of rotatable bonds is 3. The largest absolute Gasteiger partial charge is 0.490 e. The highest BCUT2D eigenvalue weighted by atomic mass is 16.5. The summed E-state index contributed by atoms with van der Waals surface area (Å²) in [6, 6.07) is 5.34. The smallest absolute Gasteiger partial charge is 0.194 e. The topological polar surface area (TPSA) is 68.9 Å². The van der Waals surface area contributed by atoms with E-state index in [1.165, 1.54) is 0 Å². The Morgan fingerprint density at radius 3 is 2.71 bits per heavy atom. The highest BCUT2D eigenvalue weighted by Crippen LogP contribution is 2.32. The Bertz CT molecular complexity index is 561. The molecule has 0 saturated carbocycles. The zero-order valence-electron chi connectivity index (χ0n) is 12.4. The predicted octanol–water partition coefficient (Wildman–Crippen LogP) is 2.23. The molecule has 3 N–H and O–H groups in total. The first kappa shape index (κ1) is 15.0. The number of aliphatic imine (C=N–C) groups is 1. The summed E-state index contributed by atoms with van der Waals surface area (Å²) in [6.45, 7) is 5.33. The molecule has 0 spiro atoms. The summed E-state index contributed by atoms with van der Waals surface area (Å²) in [5, 5.41) is 3.03. The maximum atomic E-state index is 5.90. The quantitative estimate of drug-likeness (QED) is 0.508. The van der Waals surface area contributed by atoms with Crippen LogP contribution in [-0.4, -0.2) is 25.2 Å². The summed E-state index contributed by atoms with van der Waals surface area (Å²) < 4.78 is 11.2. The lowest BCUT2D eigenvalue weighted by atomic mass is 10.1. The fraction of sp³-hybridized carbons (Fsp3) is 0.438. The SMILES string of the molecule is C#CC(N=C(N)Nc1ccc2c(c1)OCCCO2)C(C)C. The van der Waals surface area contributed by atoms with Crippen molar-refractivity contribution in [2.75, 3.05) is 18.5 Å². The van der Waals surface area contributed by atoms with Gasteiger partial charge >= 0.3 is 0 Å². The number of ether oxygens (including phenoxy) is 2. The van der Waals surface area contributed by atoms with Crippen LogP contribution in [-0.2, 0) is 0 Å². The van der Waals surface area contributed by atoms with E-state index in [4.69, 9.17) is 21.6 Å². The van der Waals surface area contributed by atoms with E-state index < -0.39 is 0 Å². The predicted molar refractivity (Wildman–Crippen MR) is 84.8 cm³/mol. The molecule has 0 aliphatic carbocycles.